The fourth-order valence-corrected chi connectivity index (χ4v) is 4.58. The summed E-state index contributed by atoms with van der Waals surface area (Å²) in [5.74, 6) is 0.452. The van der Waals surface area contributed by atoms with Gasteiger partial charge in [-0.3, -0.25) is 9.59 Å². The molecule has 1 aliphatic heterocycles. The van der Waals surface area contributed by atoms with Gasteiger partial charge in [0.05, 0.1) is 12.0 Å². The molecule has 1 atom stereocenters. The molecule has 0 aliphatic carbocycles. The molecule has 6 nitrogen and oxygen atoms in total. The Morgan fingerprint density at radius 1 is 1.12 bits per heavy atom. The molecule has 0 spiro atoms. The van der Waals surface area contributed by atoms with Crippen LogP contribution in [0.2, 0.25) is 0 Å². The zero-order valence-corrected chi connectivity index (χ0v) is 20.3. The van der Waals surface area contributed by atoms with E-state index >= 15 is 0 Å². The average Bonchev–Trinajstić information content (AvgIpc) is 3.12. The Hall–Kier alpha value is -3.28. The third-order valence-corrected chi connectivity index (χ3v) is 6.77. The lowest BCUT2D eigenvalue weighted by Crippen LogP contribution is -2.38. The molecule has 1 N–H and O–H groups in total. The van der Waals surface area contributed by atoms with Crippen LogP contribution in [0, 0.1) is 13.8 Å². The number of aryl methyl sites for hydroxylation is 2. The molecule has 0 fully saturated rings. The number of ketones is 1. The Kier molecular flexibility index (Phi) is 5.95. The van der Waals surface area contributed by atoms with Crippen LogP contribution in [0.4, 0.5) is 11.4 Å². The van der Waals surface area contributed by atoms with Gasteiger partial charge in [0.1, 0.15) is 16.9 Å². The van der Waals surface area contributed by atoms with Crippen molar-refractivity contribution in [1.29, 1.82) is 0 Å². The van der Waals surface area contributed by atoms with Gasteiger partial charge in [-0.25, -0.2) is 0 Å². The van der Waals surface area contributed by atoms with E-state index in [4.69, 9.17) is 9.15 Å². The van der Waals surface area contributed by atoms with Gasteiger partial charge in [-0.1, -0.05) is 6.92 Å². The van der Waals surface area contributed by atoms with Crippen molar-refractivity contribution in [2.24, 2.45) is 0 Å². The van der Waals surface area contributed by atoms with Gasteiger partial charge in [0.25, 0.3) is 5.91 Å². The Balaban J connectivity index is 1.67. The minimum Gasteiger partial charge on any atom is -0.486 e. The molecule has 6 heteroatoms. The molecule has 3 aromatic rings. The van der Waals surface area contributed by atoms with Crippen molar-refractivity contribution in [2.45, 2.75) is 60.0 Å². The van der Waals surface area contributed by atoms with Crippen LogP contribution < -0.4 is 15.0 Å². The number of carbonyl (C=O) groups is 2. The Labute approximate surface area is 194 Å². The zero-order valence-electron chi connectivity index (χ0n) is 20.3. The summed E-state index contributed by atoms with van der Waals surface area (Å²) < 4.78 is 12.1. The maximum absolute atomic E-state index is 13.2. The van der Waals surface area contributed by atoms with Crippen molar-refractivity contribution in [3.05, 3.63) is 52.8 Å². The van der Waals surface area contributed by atoms with E-state index in [1.165, 1.54) is 0 Å². The maximum Gasteiger partial charge on any atom is 0.291 e. The molecule has 1 aromatic heterocycles. The number of amides is 1. The summed E-state index contributed by atoms with van der Waals surface area (Å²) in [6.45, 7) is 13.8. The first-order valence-electron chi connectivity index (χ1n) is 11.7. The maximum atomic E-state index is 13.2. The summed E-state index contributed by atoms with van der Waals surface area (Å²) >= 11 is 0. The van der Waals surface area contributed by atoms with E-state index in [-0.39, 0.29) is 17.5 Å². The standard InChI is InChI=1S/C27H32N2O4/c1-7-27(6)15-20(30)24-22(33-27)13-12-21-23(24)17(5)25(32-21)26(31)28-19-11-10-18(14-16(19)4)29(8-2)9-3/h10-14H,7-9,15H2,1-6H3,(H,28,31)/t27-/m0/s1. The summed E-state index contributed by atoms with van der Waals surface area (Å²) in [6, 6.07) is 9.55. The van der Waals surface area contributed by atoms with E-state index in [1.807, 2.05) is 39.8 Å². The zero-order chi connectivity index (χ0) is 23.9. The number of rotatable bonds is 6. The van der Waals surface area contributed by atoms with Gasteiger partial charge >= 0.3 is 0 Å². The third kappa shape index (κ3) is 3.99. The second kappa shape index (κ2) is 8.58. The predicted octanol–water partition coefficient (Wildman–Crippen LogP) is 6.28. The van der Waals surface area contributed by atoms with E-state index in [1.54, 1.807) is 12.1 Å². The van der Waals surface area contributed by atoms with Crippen LogP contribution in [-0.4, -0.2) is 30.4 Å². The molecule has 2 aromatic carbocycles. The minimum absolute atomic E-state index is 0.0184. The number of Topliss-reactive ketones (excluding diaryl/α,β-unsaturated/α-hetero) is 1. The lowest BCUT2D eigenvalue weighted by Gasteiger charge is -2.34. The van der Waals surface area contributed by atoms with Crippen LogP contribution in [0.25, 0.3) is 11.0 Å². The van der Waals surface area contributed by atoms with Crippen LogP contribution in [0.15, 0.2) is 34.7 Å². The summed E-state index contributed by atoms with van der Waals surface area (Å²) in [6.07, 6.45) is 1.04. The van der Waals surface area contributed by atoms with Crippen molar-refractivity contribution in [1.82, 2.24) is 0 Å². The molecule has 0 bridgehead atoms. The van der Waals surface area contributed by atoms with E-state index in [9.17, 15) is 9.59 Å². The van der Waals surface area contributed by atoms with Crippen molar-refractivity contribution < 1.29 is 18.7 Å². The minimum atomic E-state index is -0.509. The molecule has 2 heterocycles. The van der Waals surface area contributed by atoms with E-state index in [0.717, 1.165) is 36.4 Å². The van der Waals surface area contributed by atoms with Gasteiger partial charge in [-0.15, -0.1) is 0 Å². The number of benzene rings is 2. The number of furan rings is 1. The van der Waals surface area contributed by atoms with Crippen LogP contribution >= 0.6 is 0 Å². The molecular weight excluding hydrogens is 416 g/mol. The topological polar surface area (TPSA) is 71.8 Å². The first kappa shape index (κ1) is 22.9. The molecule has 4 rings (SSSR count). The molecule has 0 saturated heterocycles. The van der Waals surface area contributed by atoms with Crippen LogP contribution in [-0.2, 0) is 0 Å². The van der Waals surface area contributed by atoms with Crippen LogP contribution in [0.5, 0.6) is 5.75 Å². The smallest absolute Gasteiger partial charge is 0.291 e. The lowest BCUT2D eigenvalue weighted by molar-refractivity contribution is 0.0503. The van der Waals surface area contributed by atoms with Crippen LogP contribution in [0.1, 0.15) is 72.6 Å². The predicted molar refractivity (Wildman–Crippen MR) is 132 cm³/mol. The highest BCUT2D eigenvalue weighted by atomic mass is 16.5. The third-order valence-electron chi connectivity index (χ3n) is 6.77. The fraction of sp³-hybridized carbons (Fsp3) is 0.407. The Bertz CT molecular complexity index is 1240. The molecule has 33 heavy (non-hydrogen) atoms. The summed E-state index contributed by atoms with van der Waals surface area (Å²) in [7, 11) is 0. The number of nitrogens with one attached hydrogen (secondary N) is 1. The number of nitrogens with zero attached hydrogens (tertiary/aromatic N) is 1. The monoisotopic (exact) mass is 448 g/mol. The molecule has 0 radical (unpaired) electrons. The van der Waals surface area contributed by atoms with E-state index < -0.39 is 5.60 Å². The second-order valence-electron chi connectivity index (χ2n) is 9.00. The average molecular weight is 449 g/mol. The van der Waals surface area contributed by atoms with Gasteiger partial charge < -0.3 is 19.4 Å². The lowest BCUT2D eigenvalue weighted by atomic mass is 9.87. The van der Waals surface area contributed by atoms with Crippen LogP contribution in [0.3, 0.4) is 0 Å². The number of fused-ring (bicyclic) bond motifs is 3. The summed E-state index contributed by atoms with van der Waals surface area (Å²) in [5, 5.41) is 3.64. The number of hydrogen-bond donors (Lipinski definition) is 1. The summed E-state index contributed by atoms with van der Waals surface area (Å²) in [5.41, 5.74) is 4.00. The largest absolute Gasteiger partial charge is 0.486 e. The molecule has 174 valence electrons. The van der Waals surface area contributed by atoms with Crippen molar-refractivity contribution in [3.63, 3.8) is 0 Å². The number of anilines is 2. The van der Waals surface area contributed by atoms with Gasteiger partial charge in [-0.2, -0.15) is 0 Å². The SMILES string of the molecule is CCN(CC)c1ccc(NC(=O)c2oc3ccc4c(c3c2C)C(=O)C[C@](C)(CC)O4)c(C)c1. The molecule has 0 unspecified atom stereocenters. The van der Waals surface area contributed by atoms with Crippen molar-refractivity contribution in [3.8, 4) is 5.75 Å². The molecule has 0 saturated carbocycles. The van der Waals surface area contributed by atoms with Gasteiger partial charge in [-0.05, 0) is 76.9 Å². The highest BCUT2D eigenvalue weighted by Crippen LogP contribution is 2.41. The highest BCUT2D eigenvalue weighted by molar-refractivity contribution is 6.15. The van der Waals surface area contributed by atoms with Gasteiger partial charge in [0.15, 0.2) is 11.5 Å². The first-order valence-corrected chi connectivity index (χ1v) is 11.7. The van der Waals surface area contributed by atoms with E-state index in [2.05, 4.69) is 30.1 Å². The Morgan fingerprint density at radius 3 is 2.48 bits per heavy atom. The normalized spacial score (nSPS) is 17.6. The molecule has 1 aliphatic rings. The number of hydrogen-bond acceptors (Lipinski definition) is 5. The van der Waals surface area contributed by atoms with Gasteiger partial charge in [0.2, 0.25) is 0 Å². The fourth-order valence-electron chi connectivity index (χ4n) is 4.58. The van der Waals surface area contributed by atoms with Gasteiger partial charge in [0, 0.05) is 35.4 Å². The summed E-state index contributed by atoms with van der Waals surface area (Å²) in [4.78, 5) is 28.5. The number of carbonyl (C=O) groups excluding carboxylic acids is 2. The van der Waals surface area contributed by atoms with Crippen molar-refractivity contribution >= 4 is 34.0 Å². The second-order valence-corrected chi connectivity index (χ2v) is 9.00. The van der Waals surface area contributed by atoms with E-state index in [0.29, 0.717) is 34.3 Å². The number of ether oxygens (including phenoxy) is 1. The quantitative estimate of drug-likeness (QED) is 0.480. The van der Waals surface area contributed by atoms with Crippen molar-refractivity contribution in [2.75, 3.05) is 23.3 Å². The Morgan fingerprint density at radius 2 is 1.85 bits per heavy atom. The molecule has 1 amide bonds. The molecular formula is C27H32N2O4. The highest BCUT2D eigenvalue weighted by Gasteiger charge is 2.37. The first-order chi connectivity index (χ1) is 15.7.